The molecule has 0 aliphatic heterocycles. The van der Waals surface area contributed by atoms with Crippen LogP contribution >= 0.6 is 23.2 Å². The lowest BCUT2D eigenvalue weighted by molar-refractivity contribution is -0.145. The number of nitrogens with one attached hydrogen (secondary N) is 3. The van der Waals surface area contributed by atoms with Crippen molar-refractivity contribution in [2.45, 2.75) is 52.5 Å². The van der Waals surface area contributed by atoms with Crippen molar-refractivity contribution < 1.29 is 24.3 Å². The molecule has 1 saturated carbocycles. The second-order valence-corrected chi connectivity index (χ2v) is 11.5. The van der Waals surface area contributed by atoms with E-state index in [1.165, 1.54) is 0 Å². The maximum absolute atomic E-state index is 13.3. The highest BCUT2D eigenvalue weighted by molar-refractivity contribution is 6.40. The van der Waals surface area contributed by atoms with Gasteiger partial charge in [-0.25, -0.2) is 4.79 Å². The fraction of sp³-hybridized carbons (Fsp3) is 0.414. The molecule has 0 spiro atoms. The Bertz CT molecular complexity index is 1320. The molecule has 0 aromatic heterocycles. The lowest BCUT2D eigenvalue weighted by Crippen LogP contribution is -2.51. The van der Waals surface area contributed by atoms with Crippen LogP contribution in [0.5, 0.6) is 0 Å². The molecule has 9 nitrogen and oxygen atoms in total. The summed E-state index contributed by atoms with van der Waals surface area (Å²) < 4.78 is 0. The number of benzene rings is 2. The summed E-state index contributed by atoms with van der Waals surface area (Å²) in [6, 6.07) is 12.1. The molecule has 4 N–H and O–H groups in total. The van der Waals surface area contributed by atoms with Gasteiger partial charge in [0, 0.05) is 24.6 Å². The normalized spacial score (nSPS) is 20.1. The smallest absolute Gasteiger partial charge is 0.326 e. The van der Waals surface area contributed by atoms with Crippen LogP contribution in [0.4, 0.5) is 5.69 Å². The maximum atomic E-state index is 13.3. The molecular formula is C29H32Cl2N4O5. The first-order chi connectivity index (χ1) is 18.8. The zero-order valence-corrected chi connectivity index (χ0v) is 24.0. The number of nitrogens with zero attached hydrogens (tertiary/aromatic N) is 1. The Balaban J connectivity index is 1.66. The van der Waals surface area contributed by atoms with Gasteiger partial charge in [0.1, 0.15) is 6.04 Å². The van der Waals surface area contributed by atoms with Gasteiger partial charge in [0.25, 0.3) is 5.91 Å². The minimum atomic E-state index is -1.19. The fourth-order valence-electron chi connectivity index (χ4n) is 5.13. The molecule has 0 saturated heterocycles. The van der Waals surface area contributed by atoms with Crippen molar-refractivity contribution >= 4 is 52.6 Å². The highest BCUT2D eigenvalue weighted by Crippen LogP contribution is 2.56. The molecule has 0 bridgehead atoms. The summed E-state index contributed by atoms with van der Waals surface area (Å²) in [6.07, 6.45) is 1.10. The minimum absolute atomic E-state index is 0.0186. The molecule has 0 radical (unpaired) electrons. The molecule has 11 heteroatoms. The number of carboxylic acids is 1. The van der Waals surface area contributed by atoms with Crippen LogP contribution in [-0.2, 0) is 20.8 Å². The maximum Gasteiger partial charge on any atom is 0.326 e. The molecule has 1 aliphatic carbocycles. The van der Waals surface area contributed by atoms with E-state index in [1.54, 1.807) is 49.4 Å². The summed E-state index contributed by atoms with van der Waals surface area (Å²) in [7, 11) is 0. The van der Waals surface area contributed by atoms with E-state index in [-0.39, 0.29) is 40.9 Å². The number of rotatable bonds is 10. The lowest BCUT2D eigenvalue weighted by atomic mass is 9.65. The van der Waals surface area contributed by atoms with Gasteiger partial charge >= 0.3 is 5.97 Å². The Morgan fingerprint density at radius 1 is 1.07 bits per heavy atom. The first kappa shape index (κ1) is 30.9. The van der Waals surface area contributed by atoms with Gasteiger partial charge in [0.15, 0.2) is 0 Å². The van der Waals surface area contributed by atoms with E-state index in [0.717, 1.165) is 0 Å². The van der Waals surface area contributed by atoms with Gasteiger partial charge in [-0.1, -0.05) is 62.2 Å². The zero-order valence-electron chi connectivity index (χ0n) is 22.5. The number of hydrogen-bond acceptors (Lipinski definition) is 5. The first-order valence-electron chi connectivity index (χ1n) is 12.8. The first-order valence-corrected chi connectivity index (χ1v) is 13.6. The SMILES string of the molecule is CC1(C)[C@@H](C(=O)NC(Cc2ccc(NC(=O)c3c(Cl)cccc3Cl)cc2)C(=O)O)CC[C@@]1(C)C(=O)NCCC#N. The van der Waals surface area contributed by atoms with Crippen molar-refractivity contribution in [1.82, 2.24) is 10.6 Å². The van der Waals surface area contributed by atoms with Gasteiger partial charge in [0.05, 0.1) is 33.5 Å². The van der Waals surface area contributed by atoms with E-state index in [1.807, 2.05) is 19.9 Å². The average molecular weight is 588 g/mol. The molecule has 2 aromatic rings. The Labute approximate surface area is 243 Å². The lowest BCUT2D eigenvalue weighted by Gasteiger charge is -2.40. The van der Waals surface area contributed by atoms with Crippen LogP contribution in [0.2, 0.25) is 10.0 Å². The monoisotopic (exact) mass is 586 g/mol. The summed E-state index contributed by atoms with van der Waals surface area (Å²) in [5, 5.41) is 27.2. The van der Waals surface area contributed by atoms with Crippen LogP contribution in [-0.4, -0.2) is 41.4 Å². The number of carbonyl (C=O) groups is 4. The average Bonchev–Trinajstić information content (AvgIpc) is 3.14. The van der Waals surface area contributed by atoms with Gasteiger partial charge in [-0.15, -0.1) is 0 Å². The Morgan fingerprint density at radius 2 is 1.70 bits per heavy atom. The molecule has 40 heavy (non-hydrogen) atoms. The van der Waals surface area contributed by atoms with Gasteiger partial charge in [-0.2, -0.15) is 5.26 Å². The van der Waals surface area contributed by atoms with E-state index in [0.29, 0.717) is 24.1 Å². The van der Waals surface area contributed by atoms with Crippen molar-refractivity contribution in [2.24, 2.45) is 16.7 Å². The Kier molecular flexibility index (Phi) is 9.82. The second kappa shape index (κ2) is 12.7. The quantitative estimate of drug-likeness (QED) is 0.293. The van der Waals surface area contributed by atoms with Crippen LogP contribution in [0, 0.1) is 28.1 Å². The van der Waals surface area contributed by atoms with E-state index in [4.69, 9.17) is 28.5 Å². The third-order valence-corrected chi connectivity index (χ3v) is 8.65. The summed E-state index contributed by atoms with van der Waals surface area (Å²) in [5.41, 5.74) is -0.359. The molecule has 1 unspecified atom stereocenters. The number of carbonyl (C=O) groups excluding carboxylic acids is 3. The molecule has 1 aliphatic rings. The standard InChI is InChI=1S/C29H32Cl2N4O5/c1-28(2)19(12-13-29(28,3)27(40)33-15-5-14-32)24(36)35-22(26(38)39)16-17-8-10-18(11-9-17)34-25(37)23-20(30)6-4-7-21(23)31/h4,6-11,19,22H,5,12-13,15-16H2,1-3H3,(H,33,40)(H,34,37)(H,35,36)(H,38,39)/t19-,22?,29+/m1/s1. The summed E-state index contributed by atoms with van der Waals surface area (Å²) in [6.45, 7) is 5.71. The van der Waals surface area contributed by atoms with Crippen LogP contribution in [0.25, 0.3) is 0 Å². The van der Waals surface area contributed by atoms with Gasteiger partial charge < -0.3 is 21.1 Å². The number of amides is 3. The Morgan fingerprint density at radius 3 is 2.27 bits per heavy atom. The fourth-order valence-corrected chi connectivity index (χ4v) is 5.70. The second-order valence-electron chi connectivity index (χ2n) is 10.7. The number of anilines is 1. The molecule has 2 aromatic carbocycles. The van der Waals surface area contributed by atoms with Crippen molar-refractivity contribution in [3.63, 3.8) is 0 Å². The summed E-state index contributed by atoms with van der Waals surface area (Å²) in [5.74, 6) is -2.89. The van der Waals surface area contributed by atoms with Crippen LogP contribution in [0.3, 0.4) is 0 Å². The number of carboxylic acid groups (broad SMARTS) is 1. The third kappa shape index (κ3) is 6.57. The highest BCUT2D eigenvalue weighted by atomic mass is 35.5. The minimum Gasteiger partial charge on any atom is -0.480 e. The predicted molar refractivity (Wildman–Crippen MR) is 152 cm³/mol. The number of aliphatic carboxylic acids is 1. The Hall–Kier alpha value is -3.61. The molecule has 3 rings (SSSR count). The van der Waals surface area contributed by atoms with E-state index >= 15 is 0 Å². The van der Waals surface area contributed by atoms with Gasteiger partial charge in [-0.05, 0) is 48.1 Å². The molecular weight excluding hydrogens is 555 g/mol. The highest BCUT2D eigenvalue weighted by Gasteiger charge is 2.58. The molecule has 3 atom stereocenters. The number of hydrogen-bond donors (Lipinski definition) is 4. The third-order valence-electron chi connectivity index (χ3n) is 8.02. The molecule has 212 valence electrons. The van der Waals surface area contributed by atoms with Crippen molar-refractivity contribution in [2.75, 3.05) is 11.9 Å². The van der Waals surface area contributed by atoms with Crippen molar-refractivity contribution in [3.8, 4) is 6.07 Å². The predicted octanol–water partition coefficient (Wildman–Crippen LogP) is 4.83. The molecule has 0 heterocycles. The summed E-state index contributed by atoms with van der Waals surface area (Å²) >= 11 is 12.2. The van der Waals surface area contributed by atoms with Crippen LogP contribution in [0.15, 0.2) is 42.5 Å². The van der Waals surface area contributed by atoms with Crippen molar-refractivity contribution in [1.29, 1.82) is 5.26 Å². The van der Waals surface area contributed by atoms with Crippen molar-refractivity contribution in [3.05, 3.63) is 63.6 Å². The van der Waals surface area contributed by atoms with Crippen LogP contribution < -0.4 is 16.0 Å². The topological polar surface area (TPSA) is 148 Å². The number of nitriles is 1. The molecule has 1 fully saturated rings. The molecule has 3 amide bonds. The van der Waals surface area contributed by atoms with E-state index in [2.05, 4.69) is 16.0 Å². The van der Waals surface area contributed by atoms with E-state index < -0.39 is 40.6 Å². The zero-order chi connectivity index (χ0) is 29.7. The largest absolute Gasteiger partial charge is 0.480 e. The van der Waals surface area contributed by atoms with Gasteiger partial charge in [0.2, 0.25) is 11.8 Å². The summed E-state index contributed by atoms with van der Waals surface area (Å²) in [4.78, 5) is 50.9. The van der Waals surface area contributed by atoms with Crippen LogP contribution in [0.1, 0.15) is 56.0 Å². The number of halogens is 2. The van der Waals surface area contributed by atoms with E-state index in [9.17, 15) is 24.3 Å². The van der Waals surface area contributed by atoms with Gasteiger partial charge in [-0.3, -0.25) is 14.4 Å².